The number of nitrogens with one attached hydrogen (secondary N) is 1. The van der Waals surface area contributed by atoms with E-state index in [1.54, 1.807) is 28.9 Å². The highest BCUT2D eigenvalue weighted by molar-refractivity contribution is 5.95. The van der Waals surface area contributed by atoms with E-state index in [2.05, 4.69) is 27.3 Å². The number of hydrogen-bond acceptors (Lipinski definition) is 5. The van der Waals surface area contributed by atoms with E-state index in [-0.39, 0.29) is 17.5 Å². The zero-order valence-electron chi connectivity index (χ0n) is 15.7. The molecule has 3 aromatic rings. The molecule has 2 aromatic heterocycles. The van der Waals surface area contributed by atoms with Crippen molar-refractivity contribution in [1.29, 1.82) is 0 Å². The topological polar surface area (TPSA) is 110 Å². The molecule has 0 aliphatic rings. The van der Waals surface area contributed by atoms with Gasteiger partial charge in [0, 0.05) is 23.9 Å². The molecule has 144 valence electrons. The van der Waals surface area contributed by atoms with Crippen molar-refractivity contribution in [2.24, 2.45) is 0 Å². The Hall–Kier alpha value is -3.55. The molecule has 1 unspecified atom stereocenters. The van der Waals surface area contributed by atoms with Gasteiger partial charge < -0.3 is 10.4 Å². The van der Waals surface area contributed by atoms with Crippen molar-refractivity contribution in [3.63, 3.8) is 0 Å². The maximum Gasteiger partial charge on any atom is 0.337 e. The number of carbonyl (C=O) groups is 2. The zero-order valence-corrected chi connectivity index (χ0v) is 15.7. The van der Waals surface area contributed by atoms with Gasteiger partial charge >= 0.3 is 5.97 Å². The summed E-state index contributed by atoms with van der Waals surface area (Å²) >= 11 is 0. The highest BCUT2D eigenvalue weighted by atomic mass is 16.4. The molecule has 1 aromatic carbocycles. The number of nitrogens with zero attached hydrogens (tertiary/aromatic N) is 4. The molecule has 0 fully saturated rings. The lowest BCUT2D eigenvalue weighted by Crippen LogP contribution is -2.29. The fraction of sp³-hybridized carbons (Fsp3) is 0.250. The predicted octanol–water partition coefficient (Wildman–Crippen LogP) is 2.94. The maximum atomic E-state index is 12.7. The van der Waals surface area contributed by atoms with E-state index in [0.29, 0.717) is 17.1 Å². The second kappa shape index (κ2) is 8.43. The lowest BCUT2D eigenvalue weighted by molar-refractivity contribution is 0.0696. The fourth-order valence-corrected chi connectivity index (χ4v) is 2.85. The first-order chi connectivity index (χ1) is 13.5. The average molecular weight is 379 g/mol. The van der Waals surface area contributed by atoms with E-state index in [9.17, 15) is 9.59 Å². The molecule has 0 bridgehead atoms. The highest BCUT2D eigenvalue weighted by Gasteiger charge is 2.17. The van der Waals surface area contributed by atoms with Gasteiger partial charge in [0.05, 0.1) is 17.3 Å². The average Bonchev–Trinajstić information content (AvgIpc) is 3.17. The summed E-state index contributed by atoms with van der Waals surface area (Å²) in [5.41, 5.74) is 1.92. The van der Waals surface area contributed by atoms with Gasteiger partial charge in [0.25, 0.3) is 5.91 Å². The molecule has 8 heteroatoms. The summed E-state index contributed by atoms with van der Waals surface area (Å²) in [5.74, 6) is -0.558. The maximum absolute atomic E-state index is 12.7. The quantitative estimate of drug-likeness (QED) is 0.653. The fourth-order valence-electron chi connectivity index (χ4n) is 2.85. The third kappa shape index (κ3) is 4.22. The Morgan fingerprint density at radius 2 is 2.00 bits per heavy atom. The number of pyridine rings is 1. The second-order valence-corrected chi connectivity index (χ2v) is 6.35. The molecular weight excluding hydrogens is 358 g/mol. The molecule has 1 amide bonds. The van der Waals surface area contributed by atoms with Crippen LogP contribution in [0.4, 0.5) is 0 Å². The van der Waals surface area contributed by atoms with Gasteiger partial charge in [-0.15, -0.1) is 0 Å². The van der Waals surface area contributed by atoms with Crippen molar-refractivity contribution < 1.29 is 14.7 Å². The van der Waals surface area contributed by atoms with Crippen molar-refractivity contribution in [3.05, 3.63) is 65.9 Å². The second-order valence-electron chi connectivity index (χ2n) is 6.35. The van der Waals surface area contributed by atoms with Gasteiger partial charge in [-0.2, -0.15) is 5.10 Å². The summed E-state index contributed by atoms with van der Waals surface area (Å²) < 4.78 is 1.79. The smallest absolute Gasteiger partial charge is 0.337 e. The van der Waals surface area contributed by atoms with Crippen molar-refractivity contribution >= 4 is 11.9 Å². The first-order valence-corrected chi connectivity index (χ1v) is 8.98. The van der Waals surface area contributed by atoms with Gasteiger partial charge in [-0.25, -0.2) is 14.5 Å². The molecular formula is C20H21N5O3. The number of aromatic carboxylic acids is 1. The molecule has 2 heterocycles. The molecule has 0 saturated heterocycles. The van der Waals surface area contributed by atoms with Crippen molar-refractivity contribution in [2.75, 3.05) is 0 Å². The lowest BCUT2D eigenvalue weighted by atomic mass is 10.1. The minimum absolute atomic E-state index is 0.114. The van der Waals surface area contributed by atoms with Crippen LogP contribution in [-0.2, 0) is 6.54 Å². The SMILES string of the molecule is CCCn1ncnc1C(C)NC(=O)c1cccc(-c2ccc(C(=O)O)cn2)c1. The Balaban J connectivity index is 1.76. The van der Waals surface area contributed by atoms with Crippen molar-refractivity contribution in [2.45, 2.75) is 32.9 Å². The predicted molar refractivity (Wildman–Crippen MR) is 103 cm³/mol. The number of amides is 1. The van der Waals surface area contributed by atoms with Crippen LogP contribution in [0.15, 0.2) is 48.9 Å². The number of rotatable bonds is 7. The molecule has 0 aliphatic heterocycles. The van der Waals surface area contributed by atoms with E-state index >= 15 is 0 Å². The van der Waals surface area contributed by atoms with Gasteiger partial charge in [-0.1, -0.05) is 19.1 Å². The molecule has 28 heavy (non-hydrogen) atoms. The van der Waals surface area contributed by atoms with Gasteiger partial charge in [-0.05, 0) is 37.6 Å². The standard InChI is InChI=1S/C20H21N5O3/c1-3-9-25-18(22-12-23-25)13(2)24-19(26)15-6-4-5-14(10-15)17-8-7-16(11-21-17)20(27)28/h4-8,10-13H,3,9H2,1-2H3,(H,24,26)(H,27,28). The summed E-state index contributed by atoms with van der Waals surface area (Å²) in [6.45, 7) is 4.66. The molecule has 0 aliphatic carbocycles. The van der Waals surface area contributed by atoms with E-state index in [1.165, 1.54) is 18.6 Å². The Labute approximate surface area is 162 Å². The van der Waals surface area contributed by atoms with Crippen molar-refractivity contribution in [1.82, 2.24) is 25.1 Å². The Morgan fingerprint density at radius 1 is 1.18 bits per heavy atom. The van der Waals surface area contributed by atoms with E-state index in [0.717, 1.165) is 18.5 Å². The number of aromatic nitrogens is 4. The molecule has 0 saturated carbocycles. The number of benzene rings is 1. The number of hydrogen-bond donors (Lipinski definition) is 2. The Bertz CT molecular complexity index is 982. The van der Waals surface area contributed by atoms with Crippen molar-refractivity contribution in [3.8, 4) is 11.3 Å². The van der Waals surface area contributed by atoms with Crippen LogP contribution in [0.1, 0.15) is 52.9 Å². The van der Waals surface area contributed by atoms with Gasteiger partial charge in [0.15, 0.2) is 0 Å². The Morgan fingerprint density at radius 3 is 2.68 bits per heavy atom. The summed E-state index contributed by atoms with van der Waals surface area (Å²) in [6.07, 6.45) is 3.71. The summed E-state index contributed by atoms with van der Waals surface area (Å²) in [7, 11) is 0. The van der Waals surface area contributed by atoms with Crippen LogP contribution in [0.25, 0.3) is 11.3 Å². The largest absolute Gasteiger partial charge is 0.478 e. The summed E-state index contributed by atoms with van der Waals surface area (Å²) in [4.78, 5) is 32.1. The molecule has 8 nitrogen and oxygen atoms in total. The number of aryl methyl sites for hydroxylation is 1. The highest BCUT2D eigenvalue weighted by Crippen LogP contribution is 2.19. The third-order valence-electron chi connectivity index (χ3n) is 4.25. The zero-order chi connectivity index (χ0) is 20.1. The van der Waals surface area contributed by atoms with Crippen LogP contribution in [0.5, 0.6) is 0 Å². The van der Waals surface area contributed by atoms with Gasteiger partial charge in [0.1, 0.15) is 12.2 Å². The van der Waals surface area contributed by atoms with E-state index in [4.69, 9.17) is 5.11 Å². The van der Waals surface area contributed by atoms with E-state index < -0.39 is 5.97 Å². The molecule has 1 atom stereocenters. The van der Waals surface area contributed by atoms with Gasteiger partial charge in [0.2, 0.25) is 0 Å². The van der Waals surface area contributed by atoms with Crippen LogP contribution >= 0.6 is 0 Å². The molecule has 3 rings (SSSR count). The monoisotopic (exact) mass is 379 g/mol. The van der Waals surface area contributed by atoms with Crippen LogP contribution in [0, 0.1) is 0 Å². The van der Waals surface area contributed by atoms with E-state index in [1.807, 2.05) is 13.0 Å². The van der Waals surface area contributed by atoms with Crippen LogP contribution in [-0.4, -0.2) is 36.7 Å². The lowest BCUT2D eigenvalue weighted by Gasteiger charge is -2.15. The summed E-state index contributed by atoms with van der Waals surface area (Å²) in [6, 6.07) is 9.84. The third-order valence-corrected chi connectivity index (χ3v) is 4.25. The minimum Gasteiger partial charge on any atom is -0.478 e. The normalized spacial score (nSPS) is 11.8. The Kier molecular flexibility index (Phi) is 5.78. The molecule has 2 N–H and O–H groups in total. The molecule has 0 spiro atoms. The summed E-state index contributed by atoms with van der Waals surface area (Å²) in [5, 5.41) is 16.1. The number of carboxylic acids is 1. The molecule has 0 radical (unpaired) electrons. The number of carbonyl (C=O) groups excluding carboxylic acids is 1. The van der Waals surface area contributed by atoms with Crippen LogP contribution in [0.3, 0.4) is 0 Å². The first kappa shape index (κ1) is 19.2. The minimum atomic E-state index is -1.03. The van der Waals surface area contributed by atoms with Crippen LogP contribution in [0.2, 0.25) is 0 Å². The van der Waals surface area contributed by atoms with Gasteiger partial charge in [-0.3, -0.25) is 9.78 Å². The first-order valence-electron chi connectivity index (χ1n) is 8.98. The van der Waals surface area contributed by atoms with Crippen LogP contribution < -0.4 is 5.32 Å². The number of carboxylic acid groups (broad SMARTS) is 1.